The molecule has 0 saturated carbocycles. The van der Waals surface area contributed by atoms with Gasteiger partial charge in [-0.15, -0.1) is 13.2 Å². The number of benzene rings is 1. The standard InChI is InChI=1S/C14H13F3N4O3S2/c1-3-11-19-21-12(8(2)18-13(21)25-11)26(22,23)20-9-6-4-5-7-10(9)24-14(15,16)17/h4-7,20H,3H2,1-2H3. The number of aryl methyl sites for hydroxylation is 2. The van der Waals surface area contributed by atoms with Crippen LogP contribution in [0.4, 0.5) is 18.9 Å². The van der Waals surface area contributed by atoms with E-state index in [1.54, 1.807) is 0 Å². The van der Waals surface area contributed by atoms with Crippen LogP contribution in [0.25, 0.3) is 4.96 Å². The number of nitrogens with one attached hydrogen (secondary N) is 1. The molecule has 3 rings (SSSR count). The van der Waals surface area contributed by atoms with E-state index in [1.807, 2.05) is 6.92 Å². The van der Waals surface area contributed by atoms with Crippen molar-refractivity contribution in [3.63, 3.8) is 0 Å². The number of fused-ring (bicyclic) bond motifs is 1. The van der Waals surface area contributed by atoms with Gasteiger partial charge in [-0.3, -0.25) is 4.72 Å². The number of halogens is 3. The summed E-state index contributed by atoms with van der Waals surface area (Å²) < 4.78 is 70.3. The van der Waals surface area contributed by atoms with E-state index in [2.05, 4.69) is 19.5 Å². The highest BCUT2D eigenvalue weighted by molar-refractivity contribution is 7.92. The summed E-state index contributed by atoms with van der Waals surface area (Å²) in [4.78, 5) is 4.55. The smallest absolute Gasteiger partial charge is 0.404 e. The summed E-state index contributed by atoms with van der Waals surface area (Å²) in [5, 5.41) is 4.64. The second-order valence-corrected chi connectivity index (χ2v) is 7.83. The number of rotatable bonds is 5. The molecule has 7 nitrogen and oxygen atoms in total. The molecule has 0 spiro atoms. The van der Waals surface area contributed by atoms with Crippen LogP contribution in [0.3, 0.4) is 0 Å². The molecule has 26 heavy (non-hydrogen) atoms. The molecule has 0 bridgehead atoms. The molecular formula is C14H13F3N4O3S2. The molecule has 140 valence electrons. The SMILES string of the molecule is CCc1nn2c(S(=O)(=O)Nc3ccccc3OC(F)(F)F)c(C)nc2s1. The highest BCUT2D eigenvalue weighted by Crippen LogP contribution is 2.32. The van der Waals surface area contributed by atoms with Crippen LogP contribution in [0.2, 0.25) is 0 Å². The number of anilines is 1. The zero-order valence-corrected chi connectivity index (χ0v) is 15.2. The lowest BCUT2D eigenvalue weighted by molar-refractivity contribution is -0.274. The molecule has 1 N–H and O–H groups in total. The molecule has 12 heteroatoms. The molecule has 0 aliphatic heterocycles. The molecule has 0 aliphatic carbocycles. The summed E-state index contributed by atoms with van der Waals surface area (Å²) in [5.74, 6) is -0.658. The predicted molar refractivity (Wildman–Crippen MR) is 88.9 cm³/mol. The maximum atomic E-state index is 12.8. The topological polar surface area (TPSA) is 85.6 Å². The van der Waals surface area contributed by atoms with Crippen molar-refractivity contribution in [1.82, 2.24) is 14.6 Å². The lowest BCUT2D eigenvalue weighted by Gasteiger charge is -2.14. The Kier molecular flexibility index (Phi) is 4.56. The molecule has 0 atom stereocenters. The number of ether oxygens (including phenoxy) is 1. The first kappa shape index (κ1) is 18.5. The normalized spacial score (nSPS) is 12.5. The van der Waals surface area contributed by atoms with E-state index in [0.717, 1.165) is 6.07 Å². The minimum atomic E-state index is -4.95. The summed E-state index contributed by atoms with van der Waals surface area (Å²) in [6.07, 6.45) is -4.35. The van der Waals surface area contributed by atoms with Gasteiger partial charge < -0.3 is 4.74 Å². The molecule has 0 aliphatic rings. The van der Waals surface area contributed by atoms with E-state index in [0.29, 0.717) is 16.4 Å². The summed E-state index contributed by atoms with van der Waals surface area (Å²) >= 11 is 1.24. The number of nitrogens with zero attached hydrogens (tertiary/aromatic N) is 3. The van der Waals surface area contributed by atoms with Crippen molar-refractivity contribution in [2.24, 2.45) is 0 Å². The van der Waals surface area contributed by atoms with Crippen LogP contribution in [0.5, 0.6) is 5.75 Å². The number of aromatic nitrogens is 3. The Morgan fingerprint density at radius 2 is 2.00 bits per heavy atom. The van der Waals surface area contributed by atoms with Gasteiger partial charge in [-0.25, -0.2) is 4.98 Å². The number of imidazole rings is 1. The Morgan fingerprint density at radius 1 is 1.31 bits per heavy atom. The molecular weight excluding hydrogens is 393 g/mol. The van der Waals surface area contributed by atoms with Crippen molar-refractivity contribution < 1.29 is 26.3 Å². The van der Waals surface area contributed by atoms with E-state index in [1.165, 1.54) is 41.0 Å². The highest BCUT2D eigenvalue weighted by Gasteiger charge is 2.33. The lowest BCUT2D eigenvalue weighted by Crippen LogP contribution is -2.21. The van der Waals surface area contributed by atoms with Gasteiger partial charge in [0.15, 0.2) is 5.75 Å². The second-order valence-electron chi connectivity index (χ2n) is 5.20. The lowest BCUT2D eigenvalue weighted by atomic mass is 10.3. The molecule has 0 fully saturated rings. The van der Waals surface area contributed by atoms with Crippen LogP contribution >= 0.6 is 11.3 Å². The molecule has 0 radical (unpaired) electrons. The van der Waals surface area contributed by atoms with Crippen LogP contribution in [0.1, 0.15) is 17.6 Å². The highest BCUT2D eigenvalue weighted by atomic mass is 32.2. The van der Waals surface area contributed by atoms with Gasteiger partial charge in [0.25, 0.3) is 10.0 Å². The number of alkyl halides is 3. The maximum absolute atomic E-state index is 12.8. The molecule has 0 unspecified atom stereocenters. The molecule has 3 aromatic rings. The largest absolute Gasteiger partial charge is 0.573 e. The van der Waals surface area contributed by atoms with Gasteiger partial charge in [-0.2, -0.15) is 18.0 Å². The van der Waals surface area contributed by atoms with E-state index in [-0.39, 0.29) is 16.4 Å². The number of para-hydroxylation sites is 2. The average molecular weight is 406 g/mol. The molecule has 2 aromatic heterocycles. The number of sulfonamides is 1. The molecule has 0 saturated heterocycles. The molecule has 1 aromatic carbocycles. The second kappa shape index (κ2) is 6.43. The third-order valence-corrected chi connectivity index (χ3v) is 5.80. The fraction of sp³-hybridized carbons (Fsp3) is 0.286. The van der Waals surface area contributed by atoms with Crippen molar-refractivity contribution in [1.29, 1.82) is 0 Å². The van der Waals surface area contributed by atoms with Crippen molar-refractivity contribution in [3.05, 3.63) is 35.0 Å². The Hall–Kier alpha value is -2.34. The van der Waals surface area contributed by atoms with E-state index in [9.17, 15) is 21.6 Å². The predicted octanol–water partition coefficient (Wildman–Crippen LogP) is 3.36. The quantitative estimate of drug-likeness (QED) is 0.702. The first-order valence-electron chi connectivity index (χ1n) is 7.33. The zero-order chi connectivity index (χ0) is 19.1. The summed E-state index contributed by atoms with van der Waals surface area (Å²) in [7, 11) is -4.25. The number of hydrogen-bond donors (Lipinski definition) is 1. The van der Waals surface area contributed by atoms with Gasteiger partial charge in [0, 0.05) is 0 Å². The maximum Gasteiger partial charge on any atom is 0.573 e. The monoisotopic (exact) mass is 406 g/mol. The van der Waals surface area contributed by atoms with E-state index < -0.39 is 22.1 Å². The molecule has 2 heterocycles. The van der Waals surface area contributed by atoms with Gasteiger partial charge in [0.05, 0.1) is 11.4 Å². The summed E-state index contributed by atoms with van der Waals surface area (Å²) in [6, 6.07) is 4.87. The first-order chi connectivity index (χ1) is 12.1. The van der Waals surface area contributed by atoms with Gasteiger partial charge >= 0.3 is 6.36 Å². The van der Waals surface area contributed by atoms with Gasteiger partial charge in [0.2, 0.25) is 9.99 Å². The third-order valence-electron chi connectivity index (χ3n) is 3.28. The van der Waals surface area contributed by atoms with Crippen molar-refractivity contribution >= 4 is 32.0 Å². The minimum absolute atomic E-state index is 0.188. The summed E-state index contributed by atoms with van der Waals surface area (Å²) in [6.45, 7) is 3.35. The first-order valence-corrected chi connectivity index (χ1v) is 9.63. The third kappa shape index (κ3) is 3.60. The van der Waals surface area contributed by atoms with Crippen LogP contribution < -0.4 is 9.46 Å². The Labute approximate surface area is 150 Å². The van der Waals surface area contributed by atoms with Crippen LogP contribution in [0, 0.1) is 6.92 Å². The molecule has 0 amide bonds. The van der Waals surface area contributed by atoms with Crippen molar-refractivity contribution in [2.75, 3.05) is 4.72 Å². The van der Waals surface area contributed by atoms with Gasteiger partial charge in [-0.05, 0) is 25.5 Å². The zero-order valence-electron chi connectivity index (χ0n) is 13.5. The van der Waals surface area contributed by atoms with Gasteiger partial charge in [0.1, 0.15) is 5.01 Å². The Morgan fingerprint density at radius 3 is 2.65 bits per heavy atom. The Bertz CT molecular complexity index is 1060. The average Bonchev–Trinajstić information content (AvgIpc) is 3.03. The van der Waals surface area contributed by atoms with Crippen molar-refractivity contribution in [3.8, 4) is 5.75 Å². The minimum Gasteiger partial charge on any atom is -0.404 e. The summed E-state index contributed by atoms with van der Waals surface area (Å²) in [5.41, 5.74) is -0.154. The Balaban J connectivity index is 2.03. The number of hydrogen-bond acceptors (Lipinski definition) is 6. The van der Waals surface area contributed by atoms with E-state index >= 15 is 0 Å². The van der Waals surface area contributed by atoms with Crippen LogP contribution in [-0.4, -0.2) is 29.4 Å². The van der Waals surface area contributed by atoms with E-state index in [4.69, 9.17) is 0 Å². The van der Waals surface area contributed by atoms with Crippen LogP contribution in [0.15, 0.2) is 29.3 Å². The fourth-order valence-corrected chi connectivity index (χ4v) is 4.56. The fourth-order valence-electron chi connectivity index (χ4n) is 2.28. The van der Waals surface area contributed by atoms with Crippen LogP contribution in [-0.2, 0) is 16.4 Å². The van der Waals surface area contributed by atoms with Crippen molar-refractivity contribution in [2.45, 2.75) is 31.7 Å². The van der Waals surface area contributed by atoms with Gasteiger partial charge in [-0.1, -0.05) is 30.4 Å².